The van der Waals surface area contributed by atoms with Crippen molar-refractivity contribution in [2.45, 2.75) is 13.3 Å². The summed E-state index contributed by atoms with van der Waals surface area (Å²) in [5.74, 6) is 2.73. The topological polar surface area (TPSA) is 29.5 Å². The van der Waals surface area contributed by atoms with Gasteiger partial charge in [-0.25, -0.2) is 0 Å². The Morgan fingerprint density at radius 1 is 1.52 bits per heavy atom. The molecule has 4 heteroatoms. The molecule has 1 atom stereocenters. The van der Waals surface area contributed by atoms with E-state index in [4.69, 9.17) is 4.74 Å². The molecule has 1 amide bonds. The van der Waals surface area contributed by atoms with Crippen molar-refractivity contribution < 1.29 is 9.53 Å². The zero-order valence-electron chi connectivity index (χ0n) is 13.0. The Morgan fingerprint density at radius 3 is 3.05 bits per heavy atom. The summed E-state index contributed by atoms with van der Waals surface area (Å²) < 4.78 is 5.23. The summed E-state index contributed by atoms with van der Waals surface area (Å²) in [7, 11) is 1.65. The summed E-state index contributed by atoms with van der Waals surface area (Å²) in [5.41, 5.74) is 2.01. The summed E-state index contributed by atoms with van der Waals surface area (Å²) in [5, 5.41) is 0. The molecule has 0 N–H and O–H groups in total. The average Bonchev–Trinajstić information content (AvgIpc) is 2.96. The molecule has 1 aliphatic rings. The lowest BCUT2D eigenvalue weighted by Crippen LogP contribution is -2.27. The average molecular weight is 305 g/mol. The number of rotatable bonds is 5. The van der Waals surface area contributed by atoms with Crippen LogP contribution in [0.5, 0.6) is 5.75 Å². The maximum absolute atomic E-state index is 12.3. The molecular formula is C17H23NO2S. The van der Waals surface area contributed by atoms with Crippen molar-refractivity contribution in [3.05, 3.63) is 35.9 Å². The van der Waals surface area contributed by atoms with Crippen molar-refractivity contribution in [1.29, 1.82) is 0 Å². The zero-order valence-corrected chi connectivity index (χ0v) is 13.8. The van der Waals surface area contributed by atoms with Crippen LogP contribution in [0.2, 0.25) is 0 Å². The quantitative estimate of drug-likeness (QED) is 0.782. The van der Waals surface area contributed by atoms with Gasteiger partial charge in [-0.05, 0) is 54.5 Å². The first-order valence-electron chi connectivity index (χ1n) is 7.24. The molecule has 1 aromatic carbocycles. The minimum Gasteiger partial charge on any atom is -0.497 e. The van der Waals surface area contributed by atoms with Crippen LogP contribution in [0.3, 0.4) is 0 Å². The van der Waals surface area contributed by atoms with Crippen molar-refractivity contribution >= 4 is 23.2 Å². The van der Waals surface area contributed by atoms with Crippen molar-refractivity contribution in [2.75, 3.05) is 32.2 Å². The molecular weight excluding hydrogens is 282 g/mol. The van der Waals surface area contributed by atoms with Gasteiger partial charge in [0, 0.05) is 19.2 Å². The standard InChI is InChI=1S/C17H23NO2S/c1-13(15-5-4-6-16(10-15)20-2)9-17(19)18-8-7-14(11-18)12-21-3/h4-6,9-10,14H,7-8,11-12H2,1-3H3. The molecule has 21 heavy (non-hydrogen) atoms. The number of methoxy groups -OCH3 is 1. The Hall–Kier alpha value is -1.42. The number of thioether (sulfide) groups is 1. The fourth-order valence-corrected chi connectivity index (χ4v) is 3.38. The molecule has 0 aliphatic carbocycles. The molecule has 114 valence electrons. The van der Waals surface area contributed by atoms with Gasteiger partial charge in [0.05, 0.1) is 7.11 Å². The summed E-state index contributed by atoms with van der Waals surface area (Å²) in [4.78, 5) is 14.3. The fourth-order valence-electron chi connectivity index (χ4n) is 2.63. The van der Waals surface area contributed by atoms with Gasteiger partial charge in [-0.3, -0.25) is 4.79 Å². The van der Waals surface area contributed by atoms with Gasteiger partial charge in [0.1, 0.15) is 5.75 Å². The zero-order chi connectivity index (χ0) is 15.2. The summed E-state index contributed by atoms with van der Waals surface area (Å²) in [6.07, 6.45) is 4.99. The van der Waals surface area contributed by atoms with Gasteiger partial charge in [0.2, 0.25) is 5.91 Å². The number of benzene rings is 1. The van der Waals surface area contributed by atoms with Crippen molar-refractivity contribution in [2.24, 2.45) is 5.92 Å². The third-order valence-corrected chi connectivity index (χ3v) is 4.67. The summed E-state index contributed by atoms with van der Waals surface area (Å²) >= 11 is 1.86. The number of hydrogen-bond donors (Lipinski definition) is 0. The molecule has 0 saturated carbocycles. The van der Waals surface area contributed by atoms with Crippen LogP contribution in [-0.2, 0) is 4.79 Å². The van der Waals surface area contributed by atoms with E-state index in [1.165, 1.54) is 0 Å². The molecule has 0 radical (unpaired) electrons. The molecule has 2 rings (SSSR count). The maximum Gasteiger partial charge on any atom is 0.246 e. The second kappa shape index (κ2) is 7.55. The second-order valence-electron chi connectivity index (χ2n) is 5.45. The highest BCUT2D eigenvalue weighted by Gasteiger charge is 2.24. The van der Waals surface area contributed by atoms with Gasteiger partial charge in [-0.2, -0.15) is 11.8 Å². The predicted molar refractivity (Wildman–Crippen MR) is 89.7 cm³/mol. The lowest BCUT2D eigenvalue weighted by atomic mass is 10.1. The number of nitrogens with zero attached hydrogens (tertiary/aromatic N) is 1. The van der Waals surface area contributed by atoms with Crippen LogP contribution in [0.1, 0.15) is 18.9 Å². The first-order chi connectivity index (χ1) is 10.1. The van der Waals surface area contributed by atoms with E-state index in [1.54, 1.807) is 13.2 Å². The smallest absolute Gasteiger partial charge is 0.246 e. The Bertz CT molecular complexity index is 527. The molecule has 1 aromatic rings. The van der Waals surface area contributed by atoms with Crippen molar-refractivity contribution in [1.82, 2.24) is 4.90 Å². The van der Waals surface area contributed by atoms with Crippen molar-refractivity contribution in [3.8, 4) is 5.75 Å². The van der Waals surface area contributed by atoms with Gasteiger partial charge >= 0.3 is 0 Å². The molecule has 0 aromatic heterocycles. The van der Waals surface area contributed by atoms with E-state index >= 15 is 0 Å². The van der Waals surface area contributed by atoms with Crippen LogP contribution in [0.25, 0.3) is 5.57 Å². The molecule has 1 heterocycles. The van der Waals surface area contributed by atoms with Crippen LogP contribution in [-0.4, -0.2) is 43.0 Å². The number of allylic oxidation sites excluding steroid dienone is 1. The van der Waals surface area contributed by atoms with Gasteiger partial charge in [0.25, 0.3) is 0 Å². The summed E-state index contributed by atoms with van der Waals surface area (Å²) in [6, 6.07) is 7.81. The normalized spacial score (nSPS) is 18.9. The Kier molecular flexibility index (Phi) is 5.74. The number of hydrogen-bond acceptors (Lipinski definition) is 3. The highest BCUT2D eigenvalue weighted by Crippen LogP contribution is 2.22. The van der Waals surface area contributed by atoms with E-state index in [9.17, 15) is 4.79 Å². The predicted octanol–water partition coefficient (Wildman–Crippen LogP) is 3.31. The molecule has 1 unspecified atom stereocenters. The van der Waals surface area contributed by atoms with Crippen LogP contribution in [0.15, 0.2) is 30.3 Å². The lowest BCUT2D eigenvalue weighted by molar-refractivity contribution is -0.125. The van der Waals surface area contributed by atoms with Gasteiger partial charge < -0.3 is 9.64 Å². The maximum atomic E-state index is 12.3. The molecule has 1 fully saturated rings. The van der Waals surface area contributed by atoms with Crippen LogP contribution >= 0.6 is 11.8 Å². The van der Waals surface area contributed by atoms with Gasteiger partial charge in [-0.1, -0.05) is 12.1 Å². The van der Waals surface area contributed by atoms with E-state index in [2.05, 4.69) is 6.26 Å². The fraction of sp³-hybridized carbons (Fsp3) is 0.471. The van der Waals surface area contributed by atoms with Crippen LogP contribution in [0.4, 0.5) is 0 Å². The minimum absolute atomic E-state index is 0.124. The molecule has 0 bridgehead atoms. The highest BCUT2D eigenvalue weighted by molar-refractivity contribution is 7.98. The third kappa shape index (κ3) is 4.27. The number of carbonyl (C=O) groups is 1. The molecule has 3 nitrogen and oxygen atoms in total. The van der Waals surface area contributed by atoms with E-state index in [-0.39, 0.29) is 5.91 Å². The molecule has 1 aliphatic heterocycles. The van der Waals surface area contributed by atoms with E-state index in [1.807, 2.05) is 47.9 Å². The largest absolute Gasteiger partial charge is 0.497 e. The van der Waals surface area contributed by atoms with Crippen LogP contribution < -0.4 is 4.74 Å². The van der Waals surface area contributed by atoms with E-state index in [0.29, 0.717) is 5.92 Å². The monoisotopic (exact) mass is 305 g/mol. The first kappa shape index (κ1) is 16.0. The number of carbonyl (C=O) groups excluding carboxylic acids is 1. The van der Waals surface area contributed by atoms with Gasteiger partial charge in [0.15, 0.2) is 0 Å². The van der Waals surface area contributed by atoms with Crippen LogP contribution in [0, 0.1) is 5.92 Å². The molecule has 1 saturated heterocycles. The third-order valence-electron chi connectivity index (χ3n) is 3.86. The Morgan fingerprint density at radius 2 is 2.33 bits per heavy atom. The van der Waals surface area contributed by atoms with E-state index < -0.39 is 0 Å². The highest BCUT2D eigenvalue weighted by atomic mass is 32.2. The number of amides is 1. The molecule has 0 spiro atoms. The number of likely N-dealkylation sites (tertiary alicyclic amines) is 1. The second-order valence-corrected chi connectivity index (χ2v) is 6.36. The Labute approximate surface area is 131 Å². The number of ether oxygens (including phenoxy) is 1. The van der Waals surface area contributed by atoms with E-state index in [0.717, 1.165) is 42.1 Å². The first-order valence-corrected chi connectivity index (χ1v) is 8.64. The Balaban J connectivity index is 2.03. The minimum atomic E-state index is 0.124. The SMILES string of the molecule is COc1cccc(C(C)=CC(=O)N2CCC(CSC)C2)c1. The van der Waals surface area contributed by atoms with Gasteiger partial charge in [-0.15, -0.1) is 0 Å². The van der Waals surface area contributed by atoms with Crippen molar-refractivity contribution in [3.63, 3.8) is 0 Å². The lowest BCUT2D eigenvalue weighted by Gasteiger charge is -2.15. The summed E-state index contributed by atoms with van der Waals surface area (Å²) in [6.45, 7) is 3.75.